The minimum Gasteiger partial charge on any atom is -0.481 e. The van der Waals surface area contributed by atoms with Crippen LogP contribution in [0.4, 0.5) is 0 Å². The number of nitrogens with zero attached hydrogens (tertiary/aromatic N) is 2. The third-order valence-corrected chi connectivity index (χ3v) is 3.11. The van der Waals surface area contributed by atoms with Gasteiger partial charge in [0.1, 0.15) is 12.2 Å². The van der Waals surface area contributed by atoms with Gasteiger partial charge in [0.25, 0.3) is 0 Å². The van der Waals surface area contributed by atoms with Gasteiger partial charge in [0.05, 0.1) is 6.20 Å². The highest BCUT2D eigenvalue weighted by Crippen LogP contribution is 2.19. The number of piperidine rings is 1. The van der Waals surface area contributed by atoms with E-state index in [0.29, 0.717) is 17.6 Å². The van der Waals surface area contributed by atoms with Crippen LogP contribution in [-0.2, 0) is 17.6 Å². The number of aliphatic carboxylic acids is 1. The van der Waals surface area contributed by atoms with Crippen molar-refractivity contribution in [3.8, 4) is 0 Å². The maximum atomic E-state index is 10.5. The number of aromatic nitrogens is 1. The topological polar surface area (TPSA) is 66.6 Å². The van der Waals surface area contributed by atoms with Gasteiger partial charge >= 0.3 is 5.97 Å². The largest absolute Gasteiger partial charge is 0.481 e. The Morgan fingerprint density at radius 1 is 1.71 bits per heavy atom. The Kier molecular flexibility index (Phi) is 3.78. The fourth-order valence-corrected chi connectivity index (χ4v) is 2.36. The first-order chi connectivity index (χ1) is 8.13. The normalized spacial score (nSPS) is 21.6. The van der Waals surface area contributed by atoms with Gasteiger partial charge in [0.2, 0.25) is 0 Å². The Balaban J connectivity index is 1.89. The third kappa shape index (κ3) is 3.56. The molecule has 1 aromatic rings. The summed E-state index contributed by atoms with van der Waals surface area (Å²) in [6, 6.07) is 0. The second-order valence-corrected chi connectivity index (χ2v) is 4.77. The smallest absolute Gasteiger partial charge is 0.311 e. The van der Waals surface area contributed by atoms with E-state index in [4.69, 9.17) is 9.52 Å². The lowest BCUT2D eigenvalue weighted by Crippen LogP contribution is -2.33. The Labute approximate surface area is 100 Å². The number of rotatable bonds is 4. The van der Waals surface area contributed by atoms with Gasteiger partial charge in [-0.1, -0.05) is 0 Å². The highest BCUT2D eigenvalue weighted by atomic mass is 16.4. The first-order valence-electron chi connectivity index (χ1n) is 5.97. The first kappa shape index (κ1) is 12.1. The molecule has 1 N–H and O–H groups in total. The molecule has 1 unspecified atom stereocenters. The Morgan fingerprint density at radius 2 is 2.53 bits per heavy atom. The van der Waals surface area contributed by atoms with Crippen LogP contribution in [-0.4, -0.2) is 41.1 Å². The number of hydrogen-bond donors (Lipinski definition) is 1. The second kappa shape index (κ2) is 5.31. The molecular weight excluding hydrogens is 220 g/mol. The molecule has 0 amide bonds. The molecule has 2 rings (SSSR count). The van der Waals surface area contributed by atoms with Crippen LogP contribution in [0.1, 0.15) is 24.5 Å². The fourth-order valence-electron chi connectivity index (χ4n) is 2.36. The lowest BCUT2D eigenvalue weighted by Gasteiger charge is -2.28. The highest BCUT2D eigenvalue weighted by molar-refractivity contribution is 5.69. The predicted octanol–water partition coefficient (Wildman–Crippen LogP) is 1.19. The molecule has 5 nitrogen and oxygen atoms in total. The minimum absolute atomic E-state index is 0.0857. The molecule has 17 heavy (non-hydrogen) atoms. The molecular formula is C12H18N2O3. The van der Waals surface area contributed by atoms with Crippen molar-refractivity contribution in [3.63, 3.8) is 0 Å². The van der Waals surface area contributed by atoms with Crippen molar-refractivity contribution in [2.24, 2.45) is 5.92 Å². The van der Waals surface area contributed by atoms with Crippen molar-refractivity contribution in [3.05, 3.63) is 17.8 Å². The first-order valence-corrected chi connectivity index (χ1v) is 5.97. The maximum Gasteiger partial charge on any atom is 0.311 e. The Bertz CT molecular complexity index is 389. The van der Waals surface area contributed by atoms with Gasteiger partial charge in [0.15, 0.2) is 5.89 Å². The summed E-state index contributed by atoms with van der Waals surface area (Å²) in [6.45, 7) is 2.23. The zero-order valence-electron chi connectivity index (χ0n) is 10.1. The molecule has 0 aliphatic carbocycles. The van der Waals surface area contributed by atoms with Gasteiger partial charge in [0, 0.05) is 13.0 Å². The number of carbonyl (C=O) groups is 1. The molecule has 1 aromatic heterocycles. The van der Waals surface area contributed by atoms with Crippen LogP contribution in [0.2, 0.25) is 0 Å². The maximum absolute atomic E-state index is 10.5. The van der Waals surface area contributed by atoms with E-state index in [0.717, 1.165) is 19.5 Å². The quantitative estimate of drug-likeness (QED) is 0.853. The van der Waals surface area contributed by atoms with Crippen LogP contribution in [0.3, 0.4) is 0 Å². The summed E-state index contributed by atoms with van der Waals surface area (Å²) in [5.74, 6) is 0.799. The van der Waals surface area contributed by atoms with Crippen molar-refractivity contribution < 1.29 is 14.3 Å². The number of carboxylic acid groups (broad SMARTS) is 1. The number of carboxylic acids is 1. The van der Waals surface area contributed by atoms with Crippen molar-refractivity contribution in [1.29, 1.82) is 0 Å². The summed E-state index contributed by atoms with van der Waals surface area (Å²) in [5, 5.41) is 8.64. The number of oxazole rings is 1. The van der Waals surface area contributed by atoms with Crippen molar-refractivity contribution in [2.45, 2.75) is 25.7 Å². The van der Waals surface area contributed by atoms with Gasteiger partial charge in [-0.25, -0.2) is 4.98 Å². The van der Waals surface area contributed by atoms with E-state index in [9.17, 15) is 4.79 Å². The minimum atomic E-state index is -0.884. The molecule has 0 bridgehead atoms. The van der Waals surface area contributed by atoms with E-state index in [1.807, 2.05) is 0 Å². The summed E-state index contributed by atoms with van der Waals surface area (Å²) in [7, 11) is 2.12. The SMILES string of the molecule is CN1CCCC(Cc2ncc(CC(=O)O)o2)C1. The summed E-state index contributed by atoms with van der Waals surface area (Å²) < 4.78 is 5.42. The van der Waals surface area contributed by atoms with Crippen LogP contribution in [0, 0.1) is 5.92 Å². The van der Waals surface area contributed by atoms with Crippen LogP contribution >= 0.6 is 0 Å². The average molecular weight is 238 g/mol. The molecule has 0 saturated carbocycles. The molecule has 0 radical (unpaired) electrons. The lowest BCUT2D eigenvalue weighted by atomic mass is 9.95. The molecule has 0 spiro atoms. The van der Waals surface area contributed by atoms with E-state index in [-0.39, 0.29) is 6.42 Å². The summed E-state index contributed by atoms with van der Waals surface area (Å²) >= 11 is 0. The Hall–Kier alpha value is -1.36. The fraction of sp³-hybridized carbons (Fsp3) is 0.667. The van der Waals surface area contributed by atoms with E-state index in [1.165, 1.54) is 19.0 Å². The average Bonchev–Trinajstić information content (AvgIpc) is 2.64. The van der Waals surface area contributed by atoms with Gasteiger partial charge in [-0.3, -0.25) is 4.79 Å². The zero-order valence-corrected chi connectivity index (χ0v) is 10.1. The third-order valence-electron chi connectivity index (χ3n) is 3.11. The summed E-state index contributed by atoms with van der Waals surface area (Å²) in [5.41, 5.74) is 0. The molecule has 1 aliphatic heterocycles. The summed E-state index contributed by atoms with van der Waals surface area (Å²) in [4.78, 5) is 17.0. The van der Waals surface area contributed by atoms with Crippen molar-refractivity contribution in [1.82, 2.24) is 9.88 Å². The van der Waals surface area contributed by atoms with Crippen molar-refractivity contribution >= 4 is 5.97 Å². The molecule has 1 aliphatic rings. The van der Waals surface area contributed by atoms with E-state index in [2.05, 4.69) is 16.9 Å². The standard InChI is InChI=1S/C12H18N2O3/c1-14-4-2-3-9(8-14)5-11-13-7-10(17-11)6-12(15)16/h7,9H,2-6,8H2,1H3,(H,15,16). The molecule has 0 aromatic carbocycles. The van der Waals surface area contributed by atoms with Gasteiger partial charge in [-0.15, -0.1) is 0 Å². The van der Waals surface area contributed by atoms with E-state index >= 15 is 0 Å². The van der Waals surface area contributed by atoms with Crippen LogP contribution in [0.25, 0.3) is 0 Å². The zero-order chi connectivity index (χ0) is 12.3. The highest BCUT2D eigenvalue weighted by Gasteiger charge is 2.19. The van der Waals surface area contributed by atoms with Gasteiger partial charge < -0.3 is 14.4 Å². The van der Waals surface area contributed by atoms with Crippen LogP contribution < -0.4 is 0 Å². The molecule has 5 heteroatoms. The molecule has 2 heterocycles. The Morgan fingerprint density at radius 3 is 3.24 bits per heavy atom. The molecule has 94 valence electrons. The lowest BCUT2D eigenvalue weighted by molar-refractivity contribution is -0.136. The number of hydrogen-bond acceptors (Lipinski definition) is 4. The van der Waals surface area contributed by atoms with Crippen LogP contribution in [0.5, 0.6) is 0 Å². The van der Waals surface area contributed by atoms with Gasteiger partial charge in [-0.2, -0.15) is 0 Å². The monoisotopic (exact) mass is 238 g/mol. The van der Waals surface area contributed by atoms with Gasteiger partial charge in [-0.05, 0) is 32.4 Å². The molecule has 1 saturated heterocycles. The van der Waals surface area contributed by atoms with Crippen molar-refractivity contribution in [2.75, 3.05) is 20.1 Å². The predicted molar refractivity (Wildman–Crippen MR) is 61.8 cm³/mol. The second-order valence-electron chi connectivity index (χ2n) is 4.77. The van der Waals surface area contributed by atoms with E-state index < -0.39 is 5.97 Å². The van der Waals surface area contributed by atoms with E-state index in [1.54, 1.807) is 0 Å². The molecule has 1 fully saturated rings. The van der Waals surface area contributed by atoms with Crippen LogP contribution in [0.15, 0.2) is 10.6 Å². The molecule has 1 atom stereocenters. The number of likely N-dealkylation sites (tertiary alicyclic amines) is 1. The summed E-state index contributed by atoms with van der Waals surface area (Å²) in [6.07, 6.45) is 4.66.